The molecule has 31 heavy (non-hydrogen) atoms. The van der Waals surface area contributed by atoms with Gasteiger partial charge in [0.2, 0.25) is 0 Å². The fraction of sp³-hybridized carbons (Fsp3) is 0.455. The second kappa shape index (κ2) is 8.81. The van der Waals surface area contributed by atoms with E-state index >= 15 is 0 Å². The summed E-state index contributed by atoms with van der Waals surface area (Å²) in [6.07, 6.45) is 1.23. The molecule has 0 amide bonds. The lowest BCUT2D eigenvalue weighted by atomic mass is 9.92. The van der Waals surface area contributed by atoms with Crippen LogP contribution >= 0.6 is 23.5 Å². The van der Waals surface area contributed by atoms with Crippen LogP contribution in [0.5, 0.6) is 0 Å². The number of phosphoric acid groups is 3. The highest BCUT2D eigenvalue weighted by molar-refractivity contribution is 7.66. The monoisotopic (exact) mass is 507 g/mol. The first-order valence-corrected chi connectivity index (χ1v) is 12.2. The van der Waals surface area contributed by atoms with Gasteiger partial charge in [-0.2, -0.15) is 8.62 Å². The first-order chi connectivity index (χ1) is 14.0. The minimum Gasteiger partial charge on any atom is -0.387 e. The van der Waals surface area contributed by atoms with Gasteiger partial charge in [0.05, 0.1) is 6.61 Å². The highest BCUT2D eigenvalue weighted by Crippen LogP contribution is 2.66. The van der Waals surface area contributed by atoms with Crippen molar-refractivity contribution in [1.82, 2.24) is 9.55 Å². The summed E-state index contributed by atoms with van der Waals surface area (Å²) in [6.45, 7) is -1.07. The lowest BCUT2D eigenvalue weighted by Crippen LogP contribution is -2.55. The number of H-pyrrole nitrogens is 1. The summed E-state index contributed by atoms with van der Waals surface area (Å²) >= 11 is 0. The third-order valence-electron chi connectivity index (χ3n) is 3.73. The second-order valence-corrected chi connectivity index (χ2v) is 10.4. The fourth-order valence-corrected chi connectivity index (χ4v) is 5.50. The predicted octanol–water partition coefficient (Wildman–Crippen LogP) is -2.53. The molecule has 2 rings (SSSR count). The predicted molar refractivity (Wildman–Crippen MR) is 96.8 cm³/mol. The zero-order valence-corrected chi connectivity index (χ0v) is 17.6. The van der Waals surface area contributed by atoms with Crippen molar-refractivity contribution in [3.05, 3.63) is 33.1 Å². The molecule has 3 unspecified atom stereocenters. The number of rotatable bonds is 8. The van der Waals surface area contributed by atoms with Crippen molar-refractivity contribution in [2.24, 2.45) is 5.73 Å². The molecule has 0 saturated carbocycles. The lowest BCUT2D eigenvalue weighted by Gasteiger charge is -2.27. The Hall–Kier alpha value is -1.47. The van der Waals surface area contributed by atoms with Crippen molar-refractivity contribution >= 4 is 23.5 Å². The summed E-state index contributed by atoms with van der Waals surface area (Å²) in [6, 6.07) is 0.924. The van der Waals surface area contributed by atoms with Crippen LogP contribution in [0.3, 0.4) is 0 Å². The largest absolute Gasteiger partial charge is 0.490 e. The number of ether oxygens (including phenoxy) is 1. The molecule has 0 bridgehead atoms. The van der Waals surface area contributed by atoms with Gasteiger partial charge >= 0.3 is 29.2 Å². The molecule has 1 aromatic rings. The summed E-state index contributed by atoms with van der Waals surface area (Å²) in [5.41, 5.74) is 2.04. The number of aromatic amines is 1. The number of nitrogens with two attached hydrogens (primary N) is 1. The van der Waals surface area contributed by atoms with Gasteiger partial charge < -0.3 is 35.2 Å². The second-order valence-electron chi connectivity index (χ2n) is 5.95. The van der Waals surface area contributed by atoms with Crippen LogP contribution in [0.15, 0.2) is 21.9 Å². The number of nitrogens with zero attached hydrogens (tertiary/aromatic N) is 1. The molecule has 1 fully saturated rings. The van der Waals surface area contributed by atoms with Crippen LogP contribution in [-0.4, -0.2) is 58.6 Å². The molecule has 2 heterocycles. The van der Waals surface area contributed by atoms with Crippen LogP contribution < -0.4 is 17.0 Å². The number of hydrogen-bond donors (Lipinski definition) is 7. The van der Waals surface area contributed by atoms with E-state index in [1.807, 2.05) is 10.9 Å². The van der Waals surface area contributed by atoms with E-state index in [1.165, 1.54) is 0 Å². The van der Waals surface area contributed by atoms with E-state index in [9.17, 15) is 33.3 Å². The molecule has 0 spiro atoms. The van der Waals surface area contributed by atoms with Crippen LogP contribution in [0.4, 0.5) is 0 Å². The topological polar surface area (TPSA) is 270 Å². The normalized spacial score (nSPS) is 30.3. The Labute approximate surface area is 171 Å². The summed E-state index contributed by atoms with van der Waals surface area (Å²) in [4.78, 5) is 60.6. The van der Waals surface area contributed by atoms with Crippen LogP contribution in [0.1, 0.15) is 6.23 Å². The Bertz CT molecular complexity index is 1130. The van der Waals surface area contributed by atoms with Crippen LogP contribution in [0.25, 0.3) is 0 Å². The zero-order chi connectivity index (χ0) is 23.8. The summed E-state index contributed by atoms with van der Waals surface area (Å²) in [5.74, 6) is 2.01. The molecule has 1 aliphatic heterocycles. The summed E-state index contributed by atoms with van der Waals surface area (Å²) in [7, 11) is -16.9. The third kappa shape index (κ3) is 6.28. The molecule has 20 heteroatoms. The average Bonchev–Trinajstić information content (AvgIpc) is 2.82. The fourth-order valence-electron chi connectivity index (χ4n) is 2.47. The summed E-state index contributed by atoms with van der Waals surface area (Å²) in [5, 5.41) is 10.4. The lowest BCUT2D eigenvalue weighted by molar-refractivity contribution is -0.0468. The van der Waals surface area contributed by atoms with Crippen molar-refractivity contribution in [2.75, 3.05) is 6.61 Å². The van der Waals surface area contributed by atoms with Gasteiger partial charge in [0, 0.05) is 12.3 Å². The third-order valence-corrected chi connectivity index (χ3v) is 7.53. The number of terminal acetylenes is 1. The Balaban J connectivity index is 2.19. The minimum absolute atomic E-state index is 0.731. The zero-order valence-electron chi connectivity index (χ0n) is 14.9. The summed E-state index contributed by atoms with van der Waals surface area (Å²) < 4.78 is 51.2. The van der Waals surface area contributed by atoms with Gasteiger partial charge in [-0.1, -0.05) is 5.92 Å². The van der Waals surface area contributed by atoms with E-state index in [0.717, 1.165) is 16.8 Å². The minimum atomic E-state index is -5.76. The molecular formula is C11H16N3O14P3. The van der Waals surface area contributed by atoms with Gasteiger partial charge in [-0.05, 0) is 0 Å². The van der Waals surface area contributed by atoms with Crippen molar-refractivity contribution < 1.29 is 56.3 Å². The molecule has 6 atom stereocenters. The van der Waals surface area contributed by atoms with Crippen molar-refractivity contribution in [2.45, 2.75) is 24.0 Å². The van der Waals surface area contributed by atoms with E-state index in [1.54, 1.807) is 0 Å². The molecule has 8 N–H and O–H groups in total. The highest BCUT2D eigenvalue weighted by atomic mass is 31.3. The molecule has 174 valence electrons. The van der Waals surface area contributed by atoms with Crippen LogP contribution in [-0.2, 0) is 31.6 Å². The number of phosphoric ester groups is 1. The number of aromatic nitrogens is 2. The van der Waals surface area contributed by atoms with Gasteiger partial charge in [0.25, 0.3) is 5.56 Å². The Morgan fingerprint density at radius 3 is 2.35 bits per heavy atom. The molecule has 0 radical (unpaired) electrons. The Morgan fingerprint density at radius 1 is 1.23 bits per heavy atom. The smallest absolute Gasteiger partial charge is 0.387 e. The molecule has 0 aromatic carbocycles. The Kier molecular flexibility index (Phi) is 7.33. The van der Waals surface area contributed by atoms with E-state index in [4.69, 9.17) is 31.6 Å². The number of nitrogens with one attached hydrogen (secondary N) is 1. The molecule has 1 aromatic heterocycles. The quantitative estimate of drug-likeness (QED) is 0.141. The van der Waals surface area contributed by atoms with Crippen molar-refractivity contribution in [3.63, 3.8) is 0 Å². The first kappa shape index (κ1) is 25.8. The van der Waals surface area contributed by atoms with Crippen molar-refractivity contribution in [1.29, 1.82) is 0 Å². The number of aliphatic hydroxyl groups is 1. The van der Waals surface area contributed by atoms with Gasteiger partial charge in [-0.15, -0.1) is 6.42 Å². The Morgan fingerprint density at radius 2 is 1.84 bits per heavy atom. The molecule has 1 saturated heterocycles. The van der Waals surface area contributed by atoms with Gasteiger partial charge in [0.1, 0.15) is 12.2 Å². The van der Waals surface area contributed by atoms with Gasteiger partial charge in [0.15, 0.2) is 11.8 Å². The van der Waals surface area contributed by atoms with Crippen molar-refractivity contribution in [3.8, 4) is 12.3 Å². The molecule has 1 aliphatic rings. The van der Waals surface area contributed by atoms with E-state index in [-0.39, 0.29) is 0 Å². The van der Waals surface area contributed by atoms with Gasteiger partial charge in [-0.3, -0.25) is 18.9 Å². The maximum absolute atomic E-state index is 12.0. The maximum Gasteiger partial charge on any atom is 0.490 e. The molecule has 0 aliphatic carbocycles. The number of aliphatic hydroxyl groups excluding tert-OH is 1. The van der Waals surface area contributed by atoms with E-state index in [0.29, 0.717) is 0 Å². The molecular weight excluding hydrogens is 491 g/mol. The highest BCUT2D eigenvalue weighted by Gasteiger charge is 2.55. The SMILES string of the molecule is C#C[C@@]1(N)C(O)[C@@H](COP(=O)(O)OP(=O)(O)OP(=O)(O)O)O[C@@H]1n1ccc(=O)[nH]c1=O. The van der Waals surface area contributed by atoms with Crippen LogP contribution in [0.2, 0.25) is 0 Å². The molecule has 17 nitrogen and oxygen atoms in total. The van der Waals surface area contributed by atoms with E-state index in [2.05, 4.69) is 13.1 Å². The standard InChI is InChI=1S/C11H16N3O14P3/c1-2-11(12)8(16)6(26-9(11)14-4-3-7(15)13-10(14)17)5-25-30(21,22)28-31(23,24)27-29(18,19)20/h1,3-4,6,8-9,16H,5,12H2,(H,21,22)(H,23,24)(H,13,15,17)(H2,18,19,20)/t6-,8?,9+,11-/m1/s1. The van der Waals surface area contributed by atoms with Crippen LogP contribution in [0, 0.1) is 12.3 Å². The maximum atomic E-state index is 12.0. The average molecular weight is 507 g/mol. The van der Waals surface area contributed by atoms with Gasteiger partial charge in [-0.25, -0.2) is 18.5 Å². The van der Waals surface area contributed by atoms with E-state index < -0.39 is 65.3 Å². The number of hydrogen-bond acceptors (Lipinski definition) is 11. The first-order valence-electron chi connectivity index (χ1n) is 7.70.